The van der Waals surface area contributed by atoms with Crippen molar-refractivity contribution in [2.45, 2.75) is 44.8 Å². The minimum Gasteiger partial charge on any atom is -0.358 e. The third kappa shape index (κ3) is 3.15. The summed E-state index contributed by atoms with van der Waals surface area (Å²) in [7, 11) is 0. The highest BCUT2D eigenvalue weighted by Crippen LogP contribution is 2.35. The van der Waals surface area contributed by atoms with Gasteiger partial charge in [-0.05, 0) is 37.0 Å². The standard InChI is InChI=1S/C15H17F3N2S/c1-9-4-2-3-5-11(9)19-14-20-12-8-10(15(16,17)18)6-7-13(12)21-14/h6-9,11H,2-5H2,1H3,(H,19,20). The first kappa shape index (κ1) is 14.6. The molecule has 21 heavy (non-hydrogen) atoms. The van der Waals surface area contributed by atoms with E-state index in [0.717, 1.165) is 28.4 Å². The first-order valence-electron chi connectivity index (χ1n) is 7.18. The van der Waals surface area contributed by atoms with Crippen molar-refractivity contribution in [2.24, 2.45) is 5.92 Å². The lowest BCUT2D eigenvalue weighted by Crippen LogP contribution is -2.30. The Morgan fingerprint density at radius 2 is 2.00 bits per heavy atom. The smallest absolute Gasteiger partial charge is 0.358 e. The maximum absolute atomic E-state index is 12.7. The van der Waals surface area contributed by atoms with E-state index in [0.29, 0.717) is 17.5 Å². The van der Waals surface area contributed by atoms with Crippen LogP contribution in [-0.4, -0.2) is 11.0 Å². The van der Waals surface area contributed by atoms with Gasteiger partial charge in [0, 0.05) is 6.04 Å². The summed E-state index contributed by atoms with van der Waals surface area (Å²) in [4.78, 5) is 4.32. The lowest BCUT2D eigenvalue weighted by molar-refractivity contribution is -0.137. The van der Waals surface area contributed by atoms with Crippen LogP contribution < -0.4 is 5.32 Å². The molecule has 1 fully saturated rings. The number of nitrogens with zero attached hydrogens (tertiary/aromatic N) is 1. The maximum atomic E-state index is 12.7. The lowest BCUT2D eigenvalue weighted by atomic mass is 9.86. The molecule has 0 aliphatic heterocycles. The summed E-state index contributed by atoms with van der Waals surface area (Å²) in [6.45, 7) is 2.21. The number of benzene rings is 1. The Kier molecular flexibility index (Phi) is 3.82. The molecule has 0 spiro atoms. The highest BCUT2D eigenvalue weighted by molar-refractivity contribution is 7.22. The zero-order chi connectivity index (χ0) is 15.0. The van der Waals surface area contributed by atoms with E-state index in [4.69, 9.17) is 0 Å². The van der Waals surface area contributed by atoms with Gasteiger partial charge in [0.2, 0.25) is 0 Å². The summed E-state index contributed by atoms with van der Waals surface area (Å²) in [6.07, 6.45) is 0.439. The summed E-state index contributed by atoms with van der Waals surface area (Å²) in [5, 5.41) is 4.13. The summed E-state index contributed by atoms with van der Waals surface area (Å²) in [5.74, 6) is 0.580. The molecule has 0 saturated heterocycles. The van der Waals surface area contributed by atoms with E-state index in [2.05, 4.69) is 17.2 Å². The van der Waals surface area contributed by atoms with Gasteiger partial charge in [0.1, 0.15) is 0 Å². The third-order valence-corrected chi connectivity index (χ3v) is 5.10. The van der Waals surface area contributed by atoms with E-state index >= 15 is 0 Å². The number of hydrogen-bond donors (Lipinski definition) is 1. The van der Waals surface area contributed by atoms with Crippen LogP contribution in [0.1, 0.15) is 38.2 Å². The summed E-state index contributed by atoms with van der Waals surface area (Å²) >= 11 is 1.42. The molecule has 0 radical (unpaired) electrons. The molecule has 1 saturated carbocycles. The number of nitrogens with one attached hydrogen (secondary N) is 1. The van der Waals surface area contributed by atoms with Crippen LogP contribution in [0.25, 0.3) is 10.2 Å². The SMILES string of the molecule is CC1CCCCC1Nc1nc2cc(C(F)(F)F)ccc2s1. The molecule has 114 valence electrons. The molecule has 2 unspecified atom stereocenters. The second-order valence-electron chi connectivity index (χ2n) is 5.71. The molecule has 0 amide bonds. The zero-order valence-corrected chi connectivity index (χ0v) is 12.5. The highest BCUT2D eigenvalue weighted by atomic mass is 32.1. The van der Waals surface area contributed by atoms with Crippen molar-refractivity contribution in [3.8, 4) is 0 Å². The molecule has 1 aliphatic rings. The zero-order valence-electron chi connectivity index (χ0n) is 11.7. The Morgan fingerprint density at radius 3 is 2.71 bits per heavy atom. The van der Waals surface area contributed by atoms with Gasteiger partial charge < -0.3 is 5.32 Å². The van der Waals surface area contributed by atoms with Gasteiger partial charge in [0.25, 0.3) is 0 Å². The fourth-order valence-corrected chi connectivity index (χ4v) is 3.76. The second kappa shape index (κ2) is 5.48. The first-order chi connectivity index (χ1) is 9.93. The van der Waals surface area contributed by atoms with E-state index in [9.17, 15) is 13.2 Å². The molecule has 2 nitrogen and oxygen atoms in total. The molecule has 0 bridgehead atoms. The number of thiazole rings is 1. The maximum Gasteiger partial charge on any atom is 0.416 e. The molecule has 6 heteroatoms. The molecular weight excluding hydrogens is 297 g/mol. The molecule has 1 aromatic carbocycles. The molecule has 1 aromatic heterocycles. The van der Waals surface area contributed by atoms with Crippen LogP contribution in [0, 0.1) is 5.92 Å². The number of aromatic nitrogens is 1. The minimum atomic E-state index is -4.32. The first-order valence-corrected chi connectivity index (χ1v) is 7.99. The topological polar surface area (TPSA) is 24.9 Å². The van der Waals surface area contributed by atoms with E-state index in [1.54, 1.807) is 0 Å². The summed E-state index contributed by atoms with van der Waals surface area (Å²) in [5.41, 5.74) is -0.223. The van der Waals surface area contributed by atoms with Gasteiger partial charge >= 0.3 is 6.18 Å². The molecule has 2 aromatic rings. The molecule has 3 rings (SSSR count). The van der Waals surface area contributed by atoms with Crippen LogP contribution in [0.4, 0.5) is 18.3 Å². The Bertz CT molecular complexity index is 635. The van der Waals surface area contributed by atoms with Crippen molar-refractivity contribution in [1.82, 2.24) is 4.98 Å². The normalized spacial score (nSPS) is 23.4. The van der Waals surface area contributed by atoms with Crippen molar-refractivity contribution in [3.63, 3.8) is 0 Å². The van der Waals surface area contributed by atoms with Crippen molar-refractivity contribution in [3.05, 3.63) is 23.8 Å². The number of hydrogen-bond acceptors (Lipinski definition) is 3. The molecule has 1 aliphatic carbocycles. The van der Waals surface area contributed by atoms with Gasteiger partial charge in [0.15, 0.2) is 5.13 Å². The van der Waals surface area contributed by atoms with Crippen molar-refractivity contribution < 1.29 is 13.2 Å². The summed E-state index contributed by atoms with van der Waals surface area (Å²) < 4.78 is 38.9. The summed E-state index contributed by atoms with van der Waals surface area (Å²) in [6, 6.07) is 4.13. The van der Waals surface area contributed by atoms with E-state index < -0.39 is 11.7 Å². The quantitative estimate of drug-likeness (QED) is 0.813. The van der Waals surface area contributed by atoms with Crippen molar-refractivity contribution >= 4 is 26.7 Å². The van der Waals surface area contributed by atoms with Gasteiger partial charge in [-0.15, -0.1) is 0 Å². The molecule has 1 N–H and O–H groups in total. The minimum absolute atomic E-state index is 0.376. The predicted molar refractivity (Wildman–Crippen MR) is 79.7 cm³/mol. The predicted octanol–water partition coefficient (Wildman–Crippen LogP) is 5.31. The van der Waals surface area contributed by atoms with Gasteiger partial charge in [-0.1, -0.05) is 31.1 Å². The number of rotatable bonds is 2. The van der Waals surface area contributed by atoms with Crippen molar-refractivity contribution in [2.75, 3.05) is 5.32 Å². The monoisotopic (exact) mass is 314 g/mol. The van der Waals surface area contributed by atoms with E-state index in [1.807, 2.05) is 0 Å². The Labute approximate surface area is 125 Å². The highest BCUT2D eigenvalue weighted by Gasteiger charge is 2.31. The van der Waals surface area contributed by atoms with Crippen LogP contribution in [0.5, 0.6) is 0 Å². The van der Waals surface area contributed by atoms with Gasteiger partial charge in [-0.3, -0.25) is 0 Å². The fraction of sp³-hybridized carbons (Fsp3) is 0.533. The Balaban J connectivity index is 1.84. The average Bonchev–Trinajstić information content (AvgIpc) is 2.81. The van der Waals surface area contributed by atoms with Gasteiger partial charge in [-0.2, -0.15) is 13.2 Å². The van der Waals surface area contributed by atoms with Crippen LogP contribution in [0.15, 0.2) is 18.2 Å². The molecule has 2 atom stereocenters. The number of fused-ring (bicyclic) bond motifs is 1. The molecular formula is C15H17F3N2S. The second-order valence-corrected chi connectivity index (χ2v) is 6.74. The Morgan fingerprint density at radius 1 is 1.24 bits per heavy atom. The Hall–Kier alpha value is -1.30. The number of anilines is 1. The number of alkyl halides is 3. The fourth-order valence-electron chi connectivity index (χ4n) is 2.85. The lowest BCUT2D eigenvalue weighted by Gasteiger charge is -2.29. The number of halogens is 3. The van der Waals surface area contributed by atoms with Gasteiger partial charge in [-0.25, -0.2) is 4.98 Å². The van der Waals surface area contributed by atoms with E-state index in [1.165, 1.54) is 36.7 Å². The van der Waals surface area contributed by atoms with Crippen LogP contribution in [-0.2, 0) is 6.18 Å². The van der Waals surface area contributed by atoms with E-state index in [-0.39, 0.29) is 0 Å². The third-order valence-electron chi connectivity index (χ3n) is 4.14. The average molecular weight is 314 g/mol. The van der Waals surface area contributed by atoms with Crippen LogP contribution in [0.2, 0.25) is 0 Å². The molecule has 1 heterocycles. The van der Waals surface area contributed by atoms with Crippen LogP contribution >= 0.6 is 11.3 Å². The largest absolute Gasteiger partial charge is 0.416 e. The van der Waals surface area contributed by atoms with Crippen molar-refractivity contribution in [1.29, 1.82) is 0 Å². The van der Waals surface area contributed by atoms with Crippen LogP contribution in [0.3, 0.4) is 0 Å². The van der Waals surface area contributed by atoms with Gasteiger partial charge in [0.05, 0.1) is 15.8 Å².